The number of thiazole rings is 1. The van der Waals surface area contributed by atoms with Crippen LogP contribution in [-0.4, -0.2) is 38.0 Å². The van der Waals surface area contributed by atoms with E-state index in [2.05, 4.69) is 5.10 Å². The number of carbonyl (C=O) groups is 1. The molecule has 0 radical (unpaired) electrons. The molecule has 0 saturated carbocycles. The van der Waals surface area contributed by atoms with Crippen molar-refractivity contribution in [2.75, 3.05) is 7.11 Å². The highest BCUT2D eigenvalue weighted by Crippen LogP contribution is 2.43. The fourth-order valence-electron chi connectivity index (χ4n) is 5.42. The second kappa shape index (κ2) is 11.3. The largest absolute Gasteiger partial charge is 0.467 e. The number of hydrogen-bond donors (Lipinski definition) is 0. The number of esters is 1. The Bertz CT molecular complexity index is 2110. The number of benzene rings is 3. The second-order valence-corrected chi connectivity index (χ2v) is 13.0. The molecule has 0 fully saturated rings. The van der Waals surface area contributed by atoms with E-state index < -0.39 is 17.7 Å². The van der Waals surface area contributed by atoms with Crippen molar-refractivity contribution in [2.24, 2.45) is 7.05 Å². The van der Waals surface area contributed by atoms with Crippen molar-refractivity contribution >= 4 is 50.0 Å². The lowest BCUT2D eigenvalue weighted by Crippen LogP contribution is -2.29. The molecule has 44 heavy (non-hydrogen) atoms. The smallest absolute Gasteiger partial charge is 0.339 e. The fourth-order valence-corrected chi connectivity index (χ4v) is 6.66. The summed E-state index contributed by atoms with van der Waals surface area (Å²) in [7, 11) is 3.24. The molecule has 6 rings (SSSR count). The number of aromatic nitrogens is 4. The number of nitrogens with zero attached hydrogens (tertiary/aromatic N) is 4. The summed E-state index contributed by atoms with van der Waals surface area (Å²) in [6.07, 6.45) is 2.52. The van der Waals surface area contributed by atoms with E-state index in [0.717, 1.165) is 37.9 Å². The average Bonchev–Trinajstić information content (AvgIpc) is 3.58. The van der Waals surface area contributed by atoms with Gasteiger partial charge in [-0.05, 0) is 86.8 Å². The summed E-state index contributed by atoms with van der Waals surface area (Å²) in [5.74, 6) is -0.503. The topological polar surface area (TPSA) is 88.2 Å². The van der Waals surface area contributed by atoms with Gasteiger partial charge in [-0.1, -0.05) is 41.1 Å². The fraction of sp³-hybridized carbons (Fsp3) is 0.235. The van der Waals surface area contributed by atoms with Crippen molar-refractivity contribution in [3.8, 4) is 27.4 Å². The molecule has 0 unspecified atom stereocenters. The van der Waals surface area contributed by atoms with Crippen LogP contribution in [0.25, 0.3) is 48.5 Å². The van der Waals surface area contributed by atoms with Gasteiger partial charge in [0.2, 0.25) is 0 Å². The maximum atomic E-state index is 13.9. The van der Waals surface area contributed by atoms with Crippen LogP contribution in [0.1, 0.15) is 38.0 Å². The maximum Gasteiger partial charge on any atom is 0.339 e. The predicted octanol–water partition coefficient (Wildman–Crippen LogP) is 7.66. The Labute approximate surface area is 263 Å². The van der Waals surface area contributed by atoms with Crippen LogP contribution in [0.3, 0.4) is 0 Å². The van der Waals surface area contributed by atoms with Gasteiger partial charge in [-0.2, -0.15) is 5.10 Å². The zero-order chi connectivity index (χ0) is 31.3. The van der Waals surface area contributed by atoms with Crippen LogP contribution < -0.4 is 5.56 Å². The predicted molar refractivity (Wildman–Crippen MR) is 176 cm³/mol. The van der Waals surface area contributed by atoms with Gasteiger partial charge >= 0.3 is 5.97 Å². The molecule has 224 valence electrons. The number of aryl methyl sites for hydroxylation is 2. The number of halogens is 1. The molecule has 0 aliphatic carbocycles. The van der Waals surface area contributed by atoms with Crippen LogP contribution in [-0.2, 0) is 21.3 Å². The Kier molecular flexibility index (Phi) is 7.65. The van der Waals surface area contributed by atoms with Crippen molar-refractivity contribution in [3.05, 3.63) is 99.6 Å². The Balaban J connectivity index is 1.57. The van der Waals surface area contributed by atoms with Gasteiger partial charge in [0, 0.05) is 40.3 Å². The molecule has 1 atom stereocenters. The third-order valence-corrected chi connectivity index (χ3v) is 8.75. The van der Waals surface area contributed by atoms with Crippen LogP contribution in [0.4, 0.5) is 0 Å². The van der Waals surface area contributed by atoms with Gasteiger partial charge in [0.25, 0.3) is 5.56 Å². The molecule has 3 aromatic heterocycles. The van der Waals surface area contributed by atoms with Gasteiger partial charge in [-0.3, -0.25) is 14.0 Å². The number of fused-ring (bicyclic) bond motifs is 2. The molecule has 0 aliphatic rings. The van der Waals surface area contributed by atoms with E-state index in [1.807, 2.05) is 95.4 Å². The quantitative estimate of drug-likeness (QED) is 0.176. The third-order valence-electron chi connectivity index (χ3n) is 7.41. The Morgan fingerprint density at radius 2 is 1.77 bits per heavy atom. The number of carbonyl (C=O) groups excluding carboxylic acids is 1. The lowest BCUT2D eigenvalue weighted by atomic mass is 9.91. The van der Waals surface area contributed by atoms with Gasteiger partial charge in [0.15, 0.2) is 11.2 Å². The summed E-state index contributed by atoms with van der Waals surface area (Å²) in [6, 6.07) is 18.9. The molecule has 0 spiro atoms. The minimum absolute atomic E-state index is 0.191. The zero-order valence-electron chi connectivity index (χ0n) is 25.2. The summed E-state index contributed by atoms with van der Waals surface area (Å²) in [4.78, 5) is 32.1. The van der Waals surface area contributed by atoms with Crippen molar-refractivity contribution in [1.29, 1.82) is 0 Å². The Morgan fingerprint density at radius 3 is 2.48 bits per heavy atom. The average molecular weight is 627 g/mol. The molecule has 0 saturated heterocycles. The van der Waals surface area contributed by atoms with E-state index in [9.17, 15) is 9.59 Å². The zero-order valence-corrected chi connectivity index (χ0v) is 26.8. The van der Waals surface area contributed by atoms with E-state index in [0.29, 0.717) is 26.8 Å². The van der Waals surface area contributed by atoms with Crippen molar-refractivity contribution in [1.82, 2.24) is 19.3 Å². The van der Waals surface area contributed by atoms with Crippen LogP contribution in [0, 0.1) is 6.92 Å². The molecule has 8 nitrogen and oxygen atoms in total. The standard InChI is InChI=1S/C34H31ClN4O4S/c1-19-16-25-30(28(20-9-12-23(35)13-10-20)27(19)29(32(41)42-6)43-34(2,3)4)44-33(37-25)39-15-7-8-24(31(39)40)21-11-14-26-22(17-21)18-36-38(26)5/h7-18,29H,1-6H3/t29-/m0/s1. The molecule has 0 aliphatic heterocycles. The minimum atomic E-state index is -0.992. The summed E-state index contributed by atoms with van der Waals surface area (Å²) >= 11 is 7.64. The number of rotatable bonds is 6. The highest BCUT2D eigenvalue weighted by atomic mass is 35.5. The Morgan fingerprint density at radius 1 is 1.05 bits per heavy atom. The summed E-state index contributed by atoms with van der Waals surface area (Å²) in [5.41, 5.74) is 5.32. The van der Waals surface area contributed by atoms with E-state index in [-0.39, 0.29) is 5.56 Å². The summed E-state index contributed by atoms with van der Waals surface area (Å²) in [6.45, 7) is 7.62. The molecular weight excluding hydrogens is 596 g/mol. The molecular formula is C34H31ClN4O4S. The molecule has 6 aromatic rings. The van der Waals surface area contributed by atoms with Crippen LogP contribution in [0.2, 0.25) is 5.02 Å². The van der Waals surface area contributed by atoms with Gasteiger partial charge in [0.05, 0.1) is 34.6 Å². The molecule has 0 N–H and O–H groups in total. The van der Waals surface area contributed by atoms with Crippen LogP contribution in [0.5, 0.6) is 0 Å². The van der Waals surface area contributed by atoms with Gasteiger partial charge in [-0.15, -0.1) is 0 Å². The van der Waals surface area contributed by atoms with Crippen molar-refractivity contribution in [2.45, 2.75) is 39.4 Å². The molecule has 10 heteroatoms. The minimum Gasteiger partial charge on any atom is -0.467 e. The lowest BCUT2D eigenvalue weighted by Gasteiger charge is -2.28. The van der Waals surface area contributed by atoms with Gasteiger partial charge < -0.3 is 9.47 Å². The first kappa shape index (κ1) is 29.7. The molecule has 0 bridgehead atoms. The first-order valence-electron chi connectivity index (χ1n) is 14.0. The number of pyridine rings is 1. The van der Waals surface area contributed by atoms with Gasteiger partial charge in [0.1, 0.15) is 0 Å². The molecule has 0 amide bonds. The first-order valence-corrected chi connectivity index (χ1v) is 15.2. The van der Waals surface area contributed by atoms with E-state index in [1.165, 1.54) is 18.4 Å². The molecule has 3 aromatic carbocycles. The van der Waals surface area contributed by atoms with Crippen molar-refractivity contribution in [3.63, 3.8) is 0 Å². The van der Waals surface area contributed by atoms with Gasteiger partial charge in [-0.25, -0.2) is 9.78 Å². The first-order chi connectivity index (χ1) is 20.9. The number of hydrogen-bond acceptors (Lipinski definition) is 7. The highest BCUT2D eigenvalue weighted by Gasteiger charge is 2.33. The number of ether oxygens (including phenoxy) is 2. The highest BCUT2D eigenvalue weighted by molar-refractivity contribution is 7.21. The monoisotopic (exact) mass is 626 g/mol. The molecule has 3 heterocycles. The van der Waals surface area contributed by atoms with E-state index in [1.54, 1.807) is 21.6 Å². The summed E-state index contributed by atoms with van der Waals surface area (Å²) < 4.78 is 15.7. The number of methoxy groups -OCH3 is 1. The van der Waals surface area contributed by atoms with Crippen molar-refractivity contribution < 1.29 is 14.3 Å². The lowest BCUT2D eigenvalue weighted by molar-refractivity contribution is -0.164. The summed E-state index contributed by atoms with van der Waals surface area (Å²) in [5, 5.41) is 6.37. The van der Waals surface area contributed by atoms with E-state index >= 15 is 0 Å². The SMILES string of the molecule is COC(=O)[C@@H](OC(C)(C)C)c1c(C)cc2nc(-n3cccc(-c4ccc5c(cnn5C)c4)c3=O)sc2c1-c1ccc(Cl)cc1. The normalized spacial score (nSPS) is 12.6. The van der Waals surface area contributed by atoms with E-state index in [4.69, 9.17) is 26.1 Å². The third kappa shape index (κ3) is 5.43. The second-order valence-electron chi connectivity index (χ2n) is 11.6. The van der Waals surface area contributed by atoms with Crippen LogP contribution in [0.15, 0.2) is 77.9 Å². The van der Waals surface area contributed by atoms with Crippen LogP contribution >= 0.6 is 22.9 Å². The Hall–Kier alpha value is -4.31. The maximum absolute atomic E-state index is 13.9.